The van der Waals surface area contributed by atoms with Crippen molar-refractivity contribution in [3.8, 4) is 0 Å². The summed E-state index contributed by atoms with van der Waals surface area (Å²) in [6, 6.07) is 39.5. The highest BCUT2D eigenvalue weighted by Crippen LogP contribution is 2.23. The van der Waals surface area contributed by atoms with E-state index in [1.807, 2.05) is 135 Å². The van der Waals surface area contributed by atoms with Crippen LogP contribution >= 0.6 is 0 Å². The molecule has 4 rings (SSSR count). The summed E-state index contributed by atoms with van der Waals surface area (Å²) in [6.07, 6.45) is 0. The molecular formula is C31H30N2O. The summed E-state index contributed by atoms with van der Waals surface area (Å²) in [6.45, 7) is 4.09. The van der Waals surface area contributed by atoms with E-state index in [4.69, 9.17) is 4.99 Å². The van der Waals surface area contributed by atoms with Crippen molar-refractivity contribution < 1.29 is 4.79 Å². The molecule has 3 nitrogen and oxygen atoms in total. The molecule has 0 unspecified atom stereocenters. The Balaban J connectivity index is 1.72. The maximum Gasteiger partial charge on any atom is 0.245 e. The fourth-order valence-electron chi connectivity index (χ4n) is 4.04. The lowest BCUT2D eigenvalue weighted by Crippen LogP contribution is -2.40. The van der Waals surface area contributed by atoms with E-state index in [9.17, 15) is 4.79 Å². The first kappa shape index (κ1) is 23.2. The highest BCUT2D eigenvalue weighted by atomic mass is 16.2. The Morgan fingerprint density at radius 3 is 1.38 bits per heavy atom. The van der Waals surface area contributed by atoms with E-state index >= 15 is 0 Å². The minimum Gasteiger partial charge on any atom is -0.343 e. The van der Waals surface area contributed by atoms with E-state index in [1.165, 1.54) is 0 Å². The number of nitrogens with one attached hydrogen (secondary N) is 1. The zero-order valence-electron chi connectivity index (χ0n) is 19.6. The third kappa shape index (κ3) is 5.68. The van der Waals surface area contributed by atoms with Gasteiger partial charge >= 0.3 is 0 Å². The summed E-state index contributed by atoms with van der Waals surface area (Å²) in [4.78, 5) is 18.8. The van der Waals surface area contributed by atoms with Crippen molar-refractivity contribution in [1.29, 1.82) is 0 Å². The van der Waals surface area contributed by atoms with Gasteiger partial charge in [-0.1, -0.05) is 135 Å². The normalized spacial score (nSPS) is 11.8. The highest BCUT2D eigenvalue weighted by Gasteiger charge is 2.26. The molecule has 0 aromatic heterocycles. The van der Waals surface area contributed by atoms with Crippen molar-refractivity contribution in [2.45, 2.75) is 25.9 Å². The summed E-state index contributed by atoms with van der Waals surface area (Å²) >= 11 is 0. The first-order valence-electron chi connectivity index (χ1n) is 11.7. The van der Waals surface area contributed by atoms with Gasteiger partial charge in [0.1, 0.15) is 6.04 Å². The molecule has 34 heavy (non-hydrogen) atoms. The van der Waals surface area contributed by atoms with Crippen molar-refractivity contribution in [3.05, 3.63) is 144 Å². The Kier molecular flexibility index (Phi) is 7.67. The molecule has 3 heteroatoms. The Labute approximate surface area is 202 Å². The minimum atomic E-state index is -0.537. The molecule has 1 amide bonds. The van der Waals surface area contributed by atoms with Crippen molar-refractivity contribution in [3.63, 3.8) is 0 Å². The fraction of sp³-hybridized carbons (Fsp3) is 0.161. The molecule has 0 saturated carbocycles. The van der Waals surface area contributed by atoms with Crippen LogP contribution in [-0.4, -0.2) is 17.7 Å². The molecule has 1 N–H and O–H groups in total. The largest absolute Gasteiger partial charge is 0.343 e. The van der Waals surface area contributed by atoms with Crippen LogP contribution in [0.2, 0.25) is 0 Å². The van der Waals surface area contributed by atoms with Crippen LogP contribution in [0.4, 0.5) is 0 Å². The van der Waals surface area contributed by atoms with Gasteiger partial charge in [-0.3, -0.25) is 9.79 Å². The van der Waals surface area contributed by atoms with E-state index in [2.05, 4.69) is 5.32 Å². The second-order valence-corrected chi connectivity index (χ2v) is 8.66. The van der Waals surface area contributed by atoms with Gasteiger partial charge in [0.25, 0.3) is 0 Å². The summed E-state index contributed by atoms with van der Waals surface area (Å²) in [5.74, 6) is -0.0633. The smallest absolute Gasteiger partial charge is 0.245 e. The van der Waals surface area contributed by atoms with Gasteiger partial charge in [-0.05, 0) is 17.0 Å². The first-order chi connectivity index (χ1) is 16.6. The van der Waals surface area contributed by atoms with E-state index in [0.717, 1.165) is 28.0 Å². The maximum atomic E-state index is 13.7. The SMILES string of the molecule is CC(C)[C@@H](N=C(c1ccccc1)c1ccccc1)C(=O)NC(c1ccccc1)c1ccccc1. The summed E-state index contributed by atoms with van der Waals surface area (Å²) in [5.41, 5.74) is 4.90. The predicted molar refractivity (Wildman–Crippen MR) is 140 cm³/mol. The van der Waals surface area contributed by atoms with Crippen molar-refractivity contribution in [2.24, 2.45) is 10.9 Å². The highest BCUT2D eigenvalue weighted by molar-refractivity contribution is 6.13. The van der Waals surface area contributed by atoms with Gasteiger partial charge in [0, 0.05) is 11.1 Å². The zero-order valence-corrected chi connectivity index (χ0v) is 19.6. The van der Waals surface area contributed by atoms with Crippen LogP contribution in [0.3, 0.4) is 0 Å². The number of hydrogen-bond acceptors (Lipinski definition) is 2. The van der Waals surface area contributed by atoms with Crippen LogP contribution in [0.5, 0.6) is 0 Å². The van der Waals surface area contributed by atoms with Crippen molar-refractivity contribution in [1.82, 2.24) is 5.32 Å². The predicted octanol–water partition coefficient (Wildman–Crippen LogP) is 6.45. The van der Waals surface area contributed by atoms with Crippen LogP contribution in [0.15, 0.2) is 126 Å². The Morgan fingerprint density at radius 2 is 1.00 bits per heavy atom. The van der Waals surface area contributed by atoms with Gasteiger partial charge in [0.2, 0.25) is 5.91 Å². The summed E-state index contributed by atoms with van der Waals surface area (Å²) in [7, 11) is 0. The van der Waals surface area contributed by atoms with E-state index < -0.39 is 6.04 Å². The number of rotatable bonds is 8. The molecule has 170 valence electrons. The van der Waals surface area contributed by atoms with Gasteiger partial charge in [-0.25, -0.2) is 0 Å². The third-order valence-corrected chi connectivity index (χ3v) is 5.82. The lowest BCUT2D eigenvalue weighted by Gasteiger charge is -2.24. The van der Waals surface area contributed by atoms with Crippen molar-refractivity contribution in [2.75, 3.05) is 0 Å². The van der Waals surface area contributed by atoms with Gasteiger partial charge in [-0.2, -0.15) is 0 Å². The summed E-state index contributed by atoms with van der Waals surface area (Å²) in [5, 5.41) is 3.29. The number of carbonyl (C=O) groups is 1. The topological polar surface area (TPSA) is 41.5 Å². The monoisotopic (exact) mass is 446 g/mol. The second-order valence-electron chi connectivity index (χ2n) is 8.66. The van der Waals surface area contributed by atoms with Crippen LogP contribution in [-0.2, 0) is 4.79 Å². The fourth-order valence-corrected chi connectivity index (χ4v) is 4.04. The molecule has 0 fully saturated rings. The lowest BCUT2D eigenvalue weighted by atomic mass is 9.96. The van der Waals surface area contributed by atoms with E-state index in [-0.39, 0.29) is 17.9 Å². The van der Waals surface area contributed by atoms with Gasteiger partial charge in [0.15, 0.2) is 0 Å². The Hall–Kier alpha value is -3.98. The standard InChI is InChI=1S/C31H30N2O/c1-23(2)28(32-29(24-15-7-3-8-16-24)25-17-9-4-10-18-25)31(34)33-30(26-19-11-5-12-20-26)27-21-13-6-14-22-27/h3-23,28,30H,1-2H3,(H,33,34)/t28-/m1/s1. The molecule has 0 saturated heterocycles. The van der Waals surface area contributed by atoms with Gasteiger partial charge in [0.05, 0.1) is 11.8 Å². The van der Waals surface area contributed by atoms with Gasteiger partial charge in [-0.15, -0.1) is 0 Å². The number of nitrogens with zero attached hydrogens (tertiary/aromatic N) is 1. The molecule has 4 aromatic rings. The molecule has 0 aliphatic rings. The van der Waals surface area contributed by atoms with Crippen molar-refractivity contribution >= 4 is 11.6 Å². The molecule has 0 aliphatic carbocycles. The number of benzene rings is 4. The minimum absolute atomic E-state index is 0.0228. The third-order valence-electron chi connectivity index (χ3n) is 5.82. The molecule has 1 atom stereocenters. The molecule has 0 spiro atoms. The maximum absolute atomic E-state index is 13.7. The zero-order chi connectivity index (χ0) is 23.8. The number of aliphatic imine (C=N–C) groups is 1. The quantitative estimate of drug-likeness (QED) is 0.310. The van der Waals surface area contributed by atoms with Crippen LogP contribution in [0.1, 0.15) is 42.1 Å². The van der Waals surface area contributed by atoms with E-state index in [0.29, 0.717) is 0 Å². The van der Waals surface area contributed by atoms with Crippen LogP contribution < -0.4 is 5.32 Å². The first-order valence-corrected chi connectivity index (χ1v) is 11.7. The summed E-state index contributed by atoms with van der Waals surface area (Å²) < 4.78 is 0. The molecule has 0 aliphatic heterocycles. The van der Waals surface area contributed by atoms with Gasteiger partial charge < -0.3 is 5.32 Å². The molecular weight excluding hydrogens is 416 g/mol. The number of hydrogen-bond donors (Lipinski definition) is 1. The lowest BCUT2D eigenvalue weighted by molar-refractivity contribution is -0.123. The second kappa shape index (κ2) is 11.2. The average molecular weight is 447 g/mol. The number of carbonyl (C=O) groups excluding carboxylic acids is 1. The molecule has 0 bridgehead atoms. The number of amides is 1. The molecule has 4 aromatic carbocycles. The van der Waals surface area contributed by atoms with Crippen LogP contribution in [0.25, 0.3) is 0 Å². The molecule has 0 heterocycles. The van der Waals surface area contributed by atoms with E-state index in [1.54, 1.807) is 0 Å². The van der Waals surface area contributed by atoms with Crippen LogP contribution in [0, 0.1) is 5.92 Å². The average Bonchev–Trinajstić information content (AvgIpc) is 2.89. The Morgan fingerprint density at radius 1 is 0.618 bits per heavy atom. The molecule has 0 radical (unpaired) electrons. The Bertz CT molecular complexity index is 1120.